The Morgan fingerprint density at radius 1 is 1.27 bits per heavy atom. The second kappa shape index (κ2) is 5.63. The summed E-state index contributed by atoms with van der Waals surface area (Å²) in [6, 6.07) is 9.45. The highest BCUT2D eigenvalue weighted by molar-refractivity contribution is 6.13. The molecule has 1 saturated heterocycles. The van der Waals surface area contributed by atoms with Gasteiger partial charge in [0.05, 0.1) is 0 Å². The van der Waals surface area contributed by atoms with Crippen LogP contribution in [-0.4, -0.2) is 28.1 Å². The van der Waals surface area contributed by atoms with Crippen molar-refractivity contribution in [2.75, 3.05) is 16.8 Å². The van der Waals surface area contributed by atoms with Gasteiger partial charge in [0.15, 0.2) is 5.82 Å². The summed E-state index contributed by atoms with van der Waals surface area (Å²) in [6.45, 7) is 2.56. The van der Waals surface area contributed by atoms with Crippen LogP contribution in [0, 0.1) is 12.8 Å². The van der Waals surface area contributed by atoms with Crippen LogP contribution >= 0.6 is 0 Å². The van der Waals surface area contributed by atoms with Crippen LogP contribution in [0.3, 0.4) is 0 Å². The third-order valence-electron chi connectivity index (χ3n) is 3.83. The Labute approximate surface area is 128 Å². The van der Waals surface area contributed by atoms with Crippen LogP contribution in [0.2, 0.25) is 0 Å². The third kappa shape index (κ3) is 2.72. The first-order valence-electron chi connectivity index (χ1n) is 7.23. The maximum absolute atomic E-state index is 12.5. The number of anilines is 2. The highest BCUT2D eigenvalue weighted by atomic mass is 16.2. The van der Waals surface area contributed by atoms with Crippen LogP contribution in [0.1, 0.15) is 12.0 Å². The van der Waals surface area contributed by atoms with E-state index in [2.05, 4.69) is 10.4 Å². The zero-order valence-corrected chi connectivity index (χ0v) is 12.6. The minimum absolute atomic E-state index is 0.155. The van der Waals surface area contributed by atoms with Gasteiger partial charge in [0.2, 0.25) is 11.8 Å². The number of aromatic nitrogens is 2. The standard InChI is InChI=1S/C16H18N4O2/c1-11-3-5-12(6-4-11)20-10-7-13(16(20)22)15(21)17-14-8-9-19(2)18-14/h3-6,8-9,13H,7,10H2,1-2H3,(H,17,18,21)/t13-/m1/s1. The van der Waals surface area contributed by atoms with Gasteiger partial charge >= 0.3 is 0 Å². The SMILES string of the molecule is Cc1ccc(N2CC[C@H](C(=O)Nc3ccn(C)n3)C2=O)cc1. The number of carbonyl (C=O) groups is 2. The van der Waals surface area contributed by atoms with Gasteiger partial charge in [0.25, 0.3) is 0 Å². The van der Waals surface area contributed by atoms with Gasteiger partial charge in [-0.25, -0.2) is 0 Å². The summed E-state index contributed by atoms with van der Waals surface area (Å²) < 4.78 is 1.60. The molecular weight excluding hydrogens is 280 g/mol. The summed E-state index contributed by atoms with van der Waals surface area (Å²) in [4.78, 5) is 26.4. The molecule has 0 radical (unpaired) electrons. The predicted molar refractivity (Wildman–Crippen MR) is 83.5 cm³/mol. The predicted octanol–water partition coefficient (Wildman–Crippen LogP) is 1.72. The second-order valence-corrected chi connectivity index (χ2v) is 5.53. The lowest BCUT2D eigenvalue weighted by molar-refractivity contribution is -0.129. The number of amides is 2. The number of hydrogen-bond donors (Lipinski definition) is 1. The number of benzene rings is 1. The lowest BCUT2D eigenvalue weighted by Gasteiger charge is -2.16. The van der Waals surface area contributed by atoms with E-state index in [1.807, 2.05) is 31.2 Å². The fourth-order valence-electron chi connectivity index (χ4n) is 2.60. The molecule has 2 heterocycles. The topological polar surface area (TPSA) is 67.2 Å². The monoisotopic (exact) mass is 298 g/mol. The molecule has 1 N–H and O–H groups in total. The molecule has 2 amide bonds. The second-order valence-electron chi connectivity index (χ2n) is 5.53. The Morgan fingerprint density at radius 3 is 2.64 bits per heavy atom. The molecule has 0 saturated carbocycles. The van der Waals surface area contributed by atoms with Crippen molar-refractivity contribution < 1.29 is 9.59 Å². The molecular formula is C16H18N4O2. The van der Waals surface area contributed by atoms with E-state index in [9.17, 15) is 9.59 Å². The smallest absolute Gasteiger partial charge is 0.239 e. The minimum atomic E-state index is -0.650. The average molecular weight is 298 g/mol. The van der Waals surface area contributed by atoms with Gasteiger partial charge < -0.3 is 10.2 Å². The number of aryl methyl sites for hydroxylation is 2. The van der Waals surface area contributed by atoms with Crippen LogP contribution in [0.15, 0.2) is 36.5 Å². The molecule has 1 aromatic carbocycles. The number of rotatable bonds is 3. The molecule has 0 unspecified atom stereocenters. The van der Waals surface area contributed by atoms with Crippen molar-refractivity contribution in [1.82, 2.24) is 9.78 Å². The number of hydrogen-bond acceptors (Lipinski definition) is 3. The molecule has 6 nitrogen and oxygen atoms in total. The molecule has 3 rings (SSSR count). The highest BCUT2D eigenvalue weighted by Crippen LogP contribution is 2.26. The molecule has 0 bridgehead atoms. The summed E-state index contributed by atoms with van der Waals surface area (Å²) in [7, 11) is 1.77. The molecule has 1 fully saturated rings. The first-order valence-corrected chi connectivity index (χ1v) is 7.23. The molecule has 0 spiro atoms. The molecule has 1 aromatic heterocycles. The molecule has 0 aliphatic carbocycles. The summed E-state index contributed by atoms with van der Waals surface area (Å²) in [5.41, 5.74) is 1.98. The van der Waals surface area contributed by atoms with Crippen LogP contribution in [-0.2, 0) is 16.6 Å². The average Bonchev–Trinajstić information content (AvgIpc) is 3.06. The maximum atomic E-state index is 12.5. The van der Waals surface area contributed by atoms with Gasteiger partial charge in [-0.15, -0.1) is 0 Å². The zero-order chi connectivity index (χ0) is 15.7. The van der Waals surface area contributed by atoms with Crippen molar-refractivity contribution in [2.45, 2.75) is 13.3 Å². The minimum Gasteiger partial charge on any atom is -0.312 e. The largest absolute Gasteiger partial charge is 0.312 e. The van der Waals surface area contributed by atoms with Crippen molar-refractivity contribution in [3.05, 3.63) is 42.1 Å². The van der Waals surface area contributed by atoms with Crippen molar-refractivity contribution >= 4 is 23.3 Å². The number of nitrogens with one attached hydrogen (secondary N) is 1. The first kappa shape index (κ1) is 14.3. The van der Waals surface area contributed by atoms with Gasteiger partial charge in [-0.2, -0.15) is 5.10 Å². The summed E-state index contributed by atoms with van der Waals surface area (Å²) in [6.07, 6.45) is 2.26. The van der Waals surface area contributed by atoms with Gasteiger partial charge in [0, 0.05) is 31.5 Å². The van der Waals surface area contributed by atoms with Crippen LogP contribution in [0.25, 0.3) is 0 Å². The van der Waals surface area contributed by atoms with Gasteiger partial charge in [0.1, 0.15) is 5.92 Å². The first-order chi connectivity index (χ1) is 10.5. The van der Waals surface area contributed by atoms with Crippen molar-refractivity contribution in [3.8, 4) is 0 Å². The van der Waals surface area contributed by atoms with Crippen molar-refractivity contribution in [1.29, 1.82) is 0 Å². The molecule has 1 aliphatic rings. The molecule has 6 heteroatoms. The molecule has 1 aliphatic heterocycles. The van der Waals surface area contributed by atoms with Crippen LogP contribution < -0.4 is 10.2 Å². The van der Waals surface area contributed by atoms with E-state index in [0.717, 1.165) is 11.3 Å². The van der Waals surface area contributed by atoms with Gasteiger partial charge in [-0.3, -0.25) is 14.3 Å². The lowest BCUT2D eigenvalue weighted by Crippen LogP contribution is -2.33. The Bertz CT molecular complexity index is 705. The quantitative estimate of drug-likeness (QED) is 0.877. The van der Waals surface area contributed by atoms with Gasteiger partial charge in [-0.05, 0) is 25.5 Å². The molecule has 22 heavy (non-hydrogen) atoms. The Kier molecular flexibility index (Phi) is 3.66. The van der Waals surface area contributed by atoms with E-state index < -0.39 is 5.92 Å². The van der Waals surface area contributed by atoms with E-state index in [4.69, 9.17) is 0 Å². The van der Waals surface area contributed by atoms with E-state index in [1.165, 1.54) is 0 Å². The van der Waals surface area contributed by atoms with Crippen molar-refractivity contribution in [2.24, 2.45) is 13.0 Å². The molecule has 114 valence electrons. The Morgan fingerprint density at radius 2 is 2.00 bits per heavy atom. The molecule has 2 aromatic rings. The van der Waals surface area contributed by atoms with Crippen LogP contribution in [0.5, 0.6) is 0 Å². The zero-order valence-electron chi connectivity index (χ0n) is 12.6. The Balaban J connectivity index is 1.70. The van der Waals surface area contributed by atoms with Gasteiger partial charge in [-0.1, -0.05) is 17.7 Å². The van der Waals surface area contributed by atoms with Crippen LogP contribution in [0.4, 0.5) is 11.5 Å². The Hall–Kier alpha value is -2.63. The summed E-state index contributed by atoms with van der Waals surface area (Å²) in [5.74, 6) is -0.631. The molecule has 1 atom stereocenters. The fraction of sp³-hybridized carbons (Fsp3) is 0.312. The summed E-state index contributed by atoms with van der Waals surface area (Å²) >= 11 is 0. The summed E-state index contributed by atoms with van der Waals surface area (Å²) in [5, 5.41) is 6.79. The van der Waals surface area contributed by atoms with Crippen molar-refractivity contribution in [3.63, 3.8) is 0 Å². The van der Waals surface area contributed by atoms with E-state index >= 15 is 0 Å². The van der Waals surface area contributed by atoms with E-state index in [1.54, 1.807) is 28.9 Å². The number of carbonyl (C=O) groups excluding carboxylic acids is 2. The van der Waals surface area contributed by atoms with E-state index in [0.29, 0.717) is 18.8 Å². The number of nitrogens with zero attached hydrogens (tertiary/aromatic N) is 3. The fourth-order valence-corrected chi connectivity index (χ4v) is 2.60. The van der Waals surface area contributed by atoms with E-state index in [-0.39, 0.29) is 11.8 Å². The third-order valence-corrected chi connectivity index (χ3v) is 3.83. The highest BCUT2D eigenvalue weighted by Gasteiger charge is 2.37. The maximum Gasteiger partial charge on any atom is 0.239 e. The lowest BCUT2D eigenvalue weighted by atomic mass is 10.1. The normalized spacial score (nSPS) is 17.8.